The Morgan fingerprint density at radius 1 is 1.08 bits per heavy atom. The lowest BCUT2D eigenvalue weighted by Gasteiger charge is -2.10. The number of alkyl halides is 3. The van der Waals surface area contributed by atoms with Crippen molar-refractivity contribution in [2.45, 2.75) is 24.4 Å². The topological polar surface area (TPSA) is 75.3 Å². The van der Waals surface area contributed by atoms with Gasteiger partial charge in [-0.15, -0.1) is 0 Å². The maximum atomic E-state index is 12.4. The van der Waals surface area contributed by atoms with Crippen LogP contribution in [0.25, 0.3) is 0 Å². The van der Waals surface area contributed by atoms with E-state index < -0.39 is 28.7 Å². The van der Waals surface area contributed by atoms with Crippen molar-refractivity contribution >= 4 is 21.6 Å². The van der Waals surface area contributed by atoms with Crippen LogP contribution in [0, 0.1) is 0 Å². The van der Waals surface area contributed by atoms with E-state index in [0.29, 0.717) is 5.69 Å². The molecule has 0 aliphatic rings. The zero-order valence-electron chi connectivity index (χ0n) is 13.8. The highest BCUT2D eigenvalue weighted by Crippen LogP contribution is 2.18. The second-order valence-corrected chi connectivity index (χ2v) is 7.16. The summed E-state index contributed by atoms with van der Waals surface area (Å²) in [5.41, 5.74) is 1.29. The molecule has 0 unspecified atom stereocenters. The van der Waals surface area contributed by atoms with E-state index in [2.05, 4.69) is 4.72 Å². The summed E-state index contributed by atoms with van der Waals surface area (Å²) in [4.78, 5) is 11.5. The smallest absolute Gasteiger partial charge is 0.343 e. The van der Waals surface area contributed by atoms with Crippen molar-refractivity contribution < 1.29 is 26.4 Å². The second kappa shape index (κ2) is 7.77. The molecule has 0 saturated carbocycles. The summed E-state index contributed by atoms with van der Waals surface area (Å²) in [7, 11) is -3.88. The van der Waals surface area contributed by atoms with Crippen LogP contribution in [0.5, 0.6) is 0 Å². The van der Waals surface area contributed by atoms with Crippen molar-refractivity contribution in [3.8, 4) is 0 Å². The molecule has 2 aromatic carbocycles. The lowest BCUT2D eigenvalue weighted by molar-refractivity contribution is -0.123. The van der Waals surface area contributed by atoms with Gasteiger partial charge in [-0.05, 0) is 48.4 Å². The first-order valence-electron chi connectivity index (χ1n) is 7.67. The molecule has 0 fully saturated rings. The van der Waals surface area contributed by atoms with E-state index in [9.17, 15) is 26.4 Å². The van der Waals surface area contributed by atoms with Gasteiger partial charge in [0.2, 0.25) is 0 Å². The van der Waals surface area contributed by atoms with E-state index in [1.807, 2.05) is 13.0 Å². The Bertz CT molecular complexity index is 879. The van der Waals surface area contributed by atoms with Gasteiger partial charge in [-0.3, -0.25) is 9.52 Å². The van der Waals surface area contributed by atoms with Gasteiger partial charge in [-0.1, -0.05) is 19.1 Å². The van der Waals surface area contributed by atoms with Gasteiger partial charge in [0.15, 0.2) is 0 Å². The number of hydrogen-bond donors (Lipinski definition) is 2. The van der Waals surface area contributed by atoms with Gasteiger partial charge in [0, 0.05) is 11.3 Å². The maximum Gasteiger partial charge on any atom is 0.405 e. The lowest BCUT2D eigenvalue weighted by Crippen LogP contribution is -2.33. The molecule has 0 bridgehead atoms. The number of carbonyl (C=O) groups excluding carboxylic acids is 1. The maximum absolute atomic E-state index is 12.4. The van der Waals surface area contributed by atoms with E-state index in [0.717, 1.165) is 36.2 Å². The number of carbonyl (C=O) groups is 1. The average molecular weight is 386 g/mol. The Hall–Kier alpha value is -2.55. The number of anilines is 1. The van der Waals surface area contributed by atoms with Gasteiger partial charge in [0.25, 0.3) is 15.9 Å². The van der Waals surface area contributed by atoms with Crippen LogP contribution in [0.4, 0.5) is 18.9 Å². The fraction of sp³-hybridized carbons (Fsp3) is 0.235. The minimum Gasteiger partial charge on any atom is -0.343 e. The third-order valence-electron chi connectivity index (χ3n) is 3.46. The SMILES string of the molecule is CCc1cccc(NS(=O)(=O)c2ccc(C(=O)NCC(F)(F)F)cc2)c1. The number of rotatable bonds is 6. The highest BCUT2D eigenvalue weighted by atomic mass is 32.2. The second-order valence-electron chi connectivity index (χ2n) is 5.48. The third kappa shape index (κ3) is 5.48. The Kier molecular flexibility index (Phi) is 5.91. The molecule has 0 spiro atoms. The van der Waals surface area contributed by atoms with Crippen molar-refractivity contribution in [1.29, 1.82) is 0 Å². The van der Waals surface area contributed by atoms with E-state index in [1.54, 1.807) is 23.5 Å². The Balaban J connectivity index is 2.12. The minimum absolute atomic E-state index is 0.0684. The number of nitrogens with one attached hydrogen (secondary N) is 2. The van der Waals surface area contributed by atoms with Crippen LogP contribution in [-0.4, -0.2) is 27.0 Å². The van der Waals surface area contributed by atoms with E-state index in [4.69, 9.17) is 0 Å². The third-order valence-corrected chi connectivity index (χ3v) is 4.86. The van der Waals surface area contributed by atoms with Gasteiger partial charge in [-0.2, -0.15) is 13.2 Å². The normalized spacial score (nSPS) is 11.8. The van der Waals surface area contributed by atoms with E-state index in [1.165, 1.54) is 0 Å². The molecule has 140 valence electrons. The number of aryl methyl sites for hydroxylation is 1. The van der Waals surface area contributed by atoms with Crippen molar-refractivity contribution in [2.75, 3.05) is 11.3 Å². The van der Waals surface area contributed by atoms with Crippen LogP contribution >= 0.6 is 0 Å². The fourth-order valence-corrected chi connectivity index (χ4v) is 3.19. The summed E-state index contributed by atoms with van der Waals surface area (Å²) in [5, 5.41) is 1.72. The first kappa shape index (κ1) is 19.8. The van der Waals surface area contributed by atoms with Crippen LogP contribution in [-0.2, 0) is 16.4 Å². The molecule has 0 atom stereocenters. The molecule has 2 N–H and O–H groups in total. The summed E-state index contributed by atoms with van der Waals surface area (Å²) in [6.07, 6.45) is -3.77. The van der Waals surface area contributed by atoms with Crippen LogP contribution < -0.4 is 10.0 Å². The number of halogens is 3. The molecule has 0 aliphatic heterocycles. The summed E-state index contributed by atoms with van der Waals surface area (Å²) in [6, 6.07) is 11.5. The molecule has 0 aromatic heterocycles. The largest absolute Gasteiger partial charge is 0.405 e. The zero-order chi connectivity index (χ0) is 19.4. The van der Waals surface area contributed by atoms with Crippen molar-refractivity contribution in [3.63, 3.8) is 0 Å². The van der Waals surface area contributed by atoms with E-state index >= 15 is 0 Å². The number of hydrogen-bond acceptors (Lipinski definition) is 3. The standard InChI is InChI=1S/C17H17F3N2O3S/c1-2-12-4-3-5-14(10-12)22-26(24,25)15-8-6-13(7-9-15)16(23)21-11-17(18,19)20/h3-10,22H,2,11H2,1H3,(H,21,23). The van der Waals surface area contributed by atoms with Crippen molar-refractivity contribution in [2.24, 2.45) is 0 Å². The molecule has 9 heteroatoms. The van der Waals surface area contributed by atoms with Gasteiger partial charge in [0.1, 0.15) is 6.54 Å². The van der Waals surface area contributed by atoms with E-state index in [-0.39, 0.29) is 10.5 Å². The van der Waals surface area contributed by atoms with Crippen molar-refractivity contribution in [3.05, 3.63) is 59.7 Å². The highest BCUT2D eigenvalue weighted by Gasteiger charge is 2.28. The van der Waals surface area contributed by atoms with Gasteiger partial charge < -0.3 is 5.32 Å². The first-order chi connectivity index (χ1) is 12.1. The van der Waals surface area contributed by atoms with Crippen LogP contribution in [0.15, 0.2) is 53.4 Å². The Morgan fingerprint density at radius 3 is 2.31 bits per heavy atom. The zero-order valence-corrected chi connectivity index (χ0v) is 14.6. The van der Waals surface area contributed by atoms with Crippen LogP contribution in [0.3, 0.4) is 0 Å². The summed E-state index contributed by atoms with van der Waals surface area (Å²) >= 11 is 0. The lowest BCUT2D eigenvalue weighted by atomic mass is 10.1. The van der Waals surface area contributed by atoms with Crippen LogP contribution in [0.2, 0.25) is 0 Å². The molecule has 5 nitrogen and oxygen atoms in total. The number of benzene rings is 2. The summed E-state index contributed by atoms with van der Waals surface area (Å²) in [6.45, 7) is 0.484. The first-order valence-corrected chi connectivity index (χ1v) is 9.16. The molecular weight excluding hydrogens is 369 g/mol. The number of sulfonamides is 1. The minimum atomic E-state index is -4.52. The molecule has 2 rings (SSSR count). The quantitative estimate of drug-likeness (QED) is 0.800. The highest BCUT2D eigenvalue weighted by molar-refractivity contribution is 7.92. The Morgan fingerprint density at radius 2 is 1.73 bits per heavy atom. The van der Waals surface area contributed by atoms with Gasteiger partial charge in [0.05, 0.1) is 4.90 Å². The molecule has 0 heterocycles. The molecule has 26 heavy (non-hydrogen) atoms. The van der Waals surface area contributed by atoms with Crippen molar-refractivity contribution in [1.82, 2.24) is 5.32 Å². The molecule has 0 aliphatic carbocycles. The summed E-state index contributed by atoms with van der Waals surface area (Å²) in [5.74, 6) is -0.935. The molecule has 0 radical (unpaired) electrons. The predicted molar refractivity (Wildman–Crippen MR) is 91.5 cm³/mol. The number of amides is 1. The monoisotopic (exact) mass is 386 g/mol. The average Bonchev–Trinajstić information content (AvgIpc) is 2.59. The molecule has 1 amide bonds. The molecule has 2 aromatic rings. The predicted octanol–water partition coefficient (Wildman–Crippen LogP) is 3.34. The fourth-order valence-electron chi connectivity index (χ4n) is 2.14. The van der Waals surface area contributed by atoms with Gasteiger partial charge in [-0.25, -0.2) is 8.42 Å². The Labute approximate surface area is 149 Å². The summed E-state index contributed by atoms with van der Waals surface area (Å²) < 4.78 is 63.5. The van der Waals surface area contributed by atoms with Crippen LogP contribution in [0.1, 0.15) is 22.8 Å². The van der Waals surface area contributed by atoms with Gasteiger partial charge >= 0.3 is 6.18 Å². The molecular formula is C17H17F3N2O3S. The molecule has 0 saturated heterocycles.